The summed E-state index contributed by atoms with van der Waals surface area (Å²) in [5.41, 5.74) is 3.10. The van der Waals surface area contributed by atoms with Crippen molar-refractivity contribution in [2.75, 3.05) is 18.4 Å². The van der Waals surface area contributed by atoms with Gasteiger partial charge in [-0.25, -0.2) is 9.97 Å². The van der Waals surface area contributed by atoms with Crippen LogP contribution in [0.2, 0.25) is 0 Å². The topological polar surface area (TPSA) is 122 Å². The maximum absolute atomic E-state index is 12.4. The van der Waals surface area contributed by atoms with Crippen LogP contribution in [0.25, 0.3) is 11.3 Å². The van der Waals surface area contributed by atoms with Crippen LogP contribution in [0, 0.1) is 16.0 Å². The highest BCUT2D eigenvalue weighted by molar-refractivity contribution is 5.79. The van der Waals surface area contributed by atoms with Gasteiger partial charge in [-0.3, -0.25) is 14.9 Å². The smallest absolute Gasteiger partial charge is 0.271 e. The van der Waals surface area contributed by atoms with Crippen molar-refractivity contribution in [3.63, 3.8) is 0 Å². The fraction of sp³-hybridized carbons (Fsp3) is 0.261. The first-order valence-electron chi connectivity index (χ1n) is 10.5. The molecule has 3 N–H and O–H groups in total. The quantitative estimate of drug-likeness (QED) is 0.386. The molecule has 3 aromatic rings. The Morgan fingerprint density at radius 1 is 1.19 bits per heavy atom. The molecule has 1 unspecified atom stereocenters. The number of anilines is 2. The molecule has 2 heterocycles. The van der Waals surface area contributed by atoms with Crippen LogP contribution in [0.3, 0.4) is 0 Å². The molecule has 1 amide bonds. The summed E-state index contributed by atoms with van der Waals surface area (Å²) >= 11 is 0. The number of non-ortho nitro benzene ring substituents is 1. The maximum atomic E-state index is 12.4. The number of nitrogens with one attached hydrogen (secondary N) is 3. The number of nitro groups is 1. The van der Waals surface area contributed by atoms with Gasteiger partial charge in [0.2, 0.25) is 11.9 Å². The number of nitrogens with zero attached hydrogens (tertiary/aromatic N) is 3. The lowest BCUT2D eigenvalue weighted by atomic mass is 9.98. The highest BCUT2D eigenvalue weighted by atomic mass is 16.6. The predicted octanol–water partition coefficient (Wildman–Crippen LogP) is 3.41. The number of amides is 1. The van der Waals surface area contributed by atoms with E-state index in [2.05, 4.69) is 25.9 Å². The summed E-state index contributed by atoms with van der Waals surface area (Å²) in [5, 5.41) is 20.3. The number of nitro benzene ring substituents is 1. The number of hydrogen-bond acceptors (Lipinski definition) is 7. The molecular weight excluding hydrogens is 408 g/mol. The number of carbonyl (C=O) groups is 1. The molecule has 164 valence electrons. The van der Waals surface area contributed by atoms with Crippen molar-refractivity contribution < 1.29 is 9.72 Å². The summed E-state index contributed by atoms with van der Waals surface area (Å²) in [6.45, 7) is 2.16. The fourth-order valence-corrected chi connectivity index (χ4v) is 3.66. The van der Waals surface area contributed by atoms with Gasteiger partial charge in [0.1, 0.15) is 0 Å². The van der Waals surface area contributed by atoms with Gasteiger partial charge in [-0.1, -0.05) is 24.3 Å². The van der Waals surface area contributed by atoms with E-state index in [0.29, 0.717) is 23.9 Å². The first kappa shape index (κ1) is 21.4. The van der Waals surface area contributed by atoms with Crippen molar-refractivity contribution in [3.05, 3.63) is 76.5 Å². The number of rotatable bonds is 7. The largest absolute Gasteiger partial charge is 0.352 e. The van der Waals surface area contributed by atoms with Gasteiger partial charge in [-0.2, -0.15) is 0 Å². The van der Waals surface area contributed by atoms with E-state index in [1.165, 1.54) is 12.1 Å². The van der Waals surface area contributed by atoms with Crippen LogP contribution < -0.4 is 16.0 Å². The Balaban J connectivity index is 1.44. The van der Waals surface area contributed by atoms with Crippen LogP contribution in [-0.4, -0.2) is 33.9 Å². The zero-order chi connectivity index (χ0) is 22.3. The average molecular weight is 432 g/mol. The SMILES string of the molecule is O=C(NCc1cccc(-c2ccnc(Nc3cccc([N+](=O)[O-])c3)n2)c1)C1CCCNC1. The lowest BCUT2D eigenvalue weighted by Crippen LogP contribution is -2.40. The zero-order valence-electron chi connectivity index (χ0n) is 17.5. The van der Waals surface area contributed by atoms with Gasteiger partial charge in [-0.15, -0.1) is 0 Å². The van der Waals surface area contributed by atoms with Crippen LogP contribution in [0.5, 0.6) is 0 Å². The summed E-state index contributed by atoms with van der Waals surface area (Å²) < 4.78 is 0. The molecule has 1 aliphatic rings. The second-order valence-corrected chi connectivity index (χ2v) is 7.66. The molecule has 32 heavy (non-hydrogen) atoms. The molecule has 0 bridgehead atoms. The predicted molar refractivity (Wildman–Crippen MR) is 121 cm³/mol. The Kier molecular flexibility index (Phi) is 6.66. The lowest BCUT2D eigenvalue weighted by Gasteiger charge is -2.21. The van der Waals surface area contributed by atoms with E-state index in [4.69, 9.17) is 0 Å². The third kappa shape index (κ3) is 5.44. The van der Waals surface area contributed by atoms with E-state index in [-0.39, 0.29) is 17.5 Å². The van der Waals surface area contributed by atoms with Crippen LogP contribution in [0.15, 0.2) is 60.8 Å². The first-order valence-corrected chi connectivity index (χ1v) is 10.5. The standard InChI is InChI=1S/C23H24N6O3/c30-22(18-6-3-10-24-15-18)26-14-16-4-1-5-17(12-16)21-9-11-25-23(28-21)27-19-7-2-8-20(13-19)29(31)32/h1-2,4-5,7-9,11-13,18,24H,3,6,10,14-15H2,(H,26,30)(H,25,27,28). The minimum absolute atomic E-state index is 0.00934. The van der Waals surface area contributed by atoms with E-state index in [1.54, 1.807) is 24.4 Å². The van der Waals surface area contributed by atoms with Crippen LogP contribution in [0.1, 0.15) is 18.4 Å². The Bertz CT molecular complexity index is 1110. The van der Waals surface area contributed by atoms with Gasteiger partial charge in [0.25, 0.3) is 5.69 Å². The van der Waals surface area contributed by atoms with Gasteiger partial charge in [0.15, 0.2) is 0 Å². The minimum atomic E-state index is -0.447. The summed E-state index contributed by atoms with van der Waals surface area (Å²) in [6.07, 6.45) is 3.57. The van der Waals surface area contributed by atoms with Gasteiger partial charge in [0.05, 0.1) is 16.5 Å². The first-order chi connectivity index (χ1) is 15.6. The highest BCUT2D eigenvalue weighted by Gasteiger charge is 2.20. The third-order valence-corrected chi connectivity index (χ3v) is 5.33. The number of benzene rings is 2. The van der Waals surface area contributed by atoms with Crippen molar-refractivity contribution in [1.82, 2.24) is 20.6 Å². The van der Waals surface area contributed by atoms with E-state index < -0.39 is 4.92 Å². The Morgan fingerprint density at radius 3 is 2.88 bits per heavy atom. The van der Waals surface area contributed by atoms with Crippen molar-refractivity contribution in [2.24, 2.45) is 5.92 Å². The summed E-state index contributed by atoms with van der Waals surface area (Å²) in [5.74, 6) is 0.441. The second-order valence-electron chi connectivity index (χ2n) is 7.66. The molecule has 0 aliphatic carbocycles. The van der Waals surface area contributed by atoms with Crippen LogP contribution in [0.4, 0.5) is 17.3 Å². The molecule has 9 heteroatoms. The molecule has 0 spiro atoms. The molecule has 0 saturated carbocycles. The molecule has 1 aromatic heterocycles. The molecule has 0 radical (unpaired) electrons. The summed E-state index contributed by atoms with van der Waals surface area (Å²) in [4.78, 5) is 31.7. The molecular formula is C23H24N6O3. The van der Waals surface area contributed by atoms with Crippen molar-refractivity contribution in [2.45, 2.75) is 19.4 Å². The van der Waals surface area contributed by atoms with Crippen LogP contribution in [-0.2, 0) is 11.3 Å². The minimum Gasteiger partial charge on any atom is -0.352 e. The van der Waals surface area contributed by atoms with E-state index in [1.807, 2.05) is 24.3 Å². The van der Waals surface area contributed by atoms with Gasteiger partial charge < -0.3 is 16.0 Å². The average Bonchev–Trinajstić information content (AvgIpc) is 2.83. The number of carbonyl (C=O) groups excluding carboxylic acids is 1. The molecule has 1 atom stereocenters. The number of piperidine rings is 1. The van der Waals surface area contributed by atoms with E-state index >= 15 is 0 Å². The molecule has 1 aliphatic heterocycles. The summed E-state index contributed by atoms with van der Waals surface area (Å²) in [7, 11) is 0. The van der Waals surface area contributed by atoms with Crippen molar-refractivity contribution >= 4 is 23.2 Å². The van der Waals surface area contributed by atoms with Crippen molar-refractivity contribution in [3.8, 4) is 11.3 Å². The molecule has 1 saturated heterocycles. The maximum Gasteiger partial charge on any atom is 0.271 e. The van der Waals surface area contributed by atoms with E-state index in [0.717, 1.165) is 37.1 Å². The van der Waals surface area contributed by atoms with Gasteiger partial charge >= 0.3 is 0 Å². The monoisotopic (exact) mass is 432 g/mol. The van der Waals surface area contributed by atoms with E-state index in [9.17, 15) is 14.9 Å². The van der Waals surface area contributed by atoms with Gasteiger partial charge in [-0.05, 0) is 43.1 Å². The molecule has 2 aromatic carbocycles. The molecule has 9 nitrogen and oxygen atoms in total. The van der Waals surface area contributed by atoms with Gasteiger partial charge in [0, 0.05) is 42.7 Å². The molecule has 4 rings (SSSR count). The zero-order valence-corrected chi connectivity index (χ0v) is 17.5. The lowest BCUT2D eigenvalue weighted by molar-refractivity contribution is -0.384. The fourth-order valence-electron chi connectivity index (χ4n) is 3.66. The number of hydrogen-bond donors (Lipinski definition) is 3. The highest BCUT2D eigenvalue weighted by Crippen LogP contribution is 2.23. The Morgan fingerprint density at radius 2 is 2.06 bits per heavy atom. The normalized spacial score (nSPS) is 15.7. The second kappa shape index (κ2) is 9.97. The summed E-state index contributed by atoms with van der Waals surface area (Å²) in [6, 6.07) is 15.8. The van der Waals surface area contributed by atoms with Crippen LogP contribution >= 0.6 is 0 Å². The molecule has 1 fully saturated rings. The Hall–Kier alpha value is -3.85. The number of aromatic nitrogens is 2. The third-order valence-electron chi connectivity index (χ3n) is 5.33. The Labute approximate surface area is 185 Å². The van der Waals surface area contributed by atoms with Crippen molar-refractivity contribution in [1.29, 1.82) is 0 Å².